The molecule has 4 rings (SSSR count). The number of hydrogen-bond donors (Lipinski definition) is 2. The molecule has 0 saturated heterocycles. The predicted molar refractivity (Wildman–Crippen MR) is 188 cm³/mol. The molecule has 4 atom stereocenters. The zero-order valence-corrected chi connectivity index (χ0v) is 29.8. The molecule has 3 aromatic rings. The highest BCUT2D eigenvalue weighted by Crippen LogP contribution is 2.30. The summed E-state index contributed by atoms with van der Waals surface area (Å²) in [6.45, 7) is 9.73. The van der Waals surface area contributed by atoms with E-state index >= 15 is 0 Å². The van der Waals surface area contributed by atoms with Crippen LogP contribution in [0.5, 0.6) is 11.5 Å². The van der Waals surface area contributed by atoms with Gasteiger partial charge in [0, 0.05) is 37.8 Å². The third kappa shape index (κ3) is 10.2. The van der Waals surface area contributed by atoms with E-state index in [-0.39, 0.29) is 46.8 Å². The number of sulfonamides is 1. The molecule has 0 radical (unpaired) electrons. The van der Waals surface area contributed by atoms with Gasteiger partial charge >= 0.3 is 0 Å². The number of carbonyl (C=O) groups excluding carboxylic acids is 1. The summed E-state index contributed by atoms with van der Waals surface area (Å²) in [6.07, 6.45) is 2.13. The van der Waals surface area contributed by atoms with Crippen molar-refractivity contribution in [1.82, 2.24) is 9.80 Å². The van der Waals surface area contributed by atoms with Gasteiger partial charge in [-0.2, -0.15) is 0 Å². The fraction of sp³-hybridized carbons (Fsp3) is 0.486. The van der Waals surface area contributed by atoms with Crippen molar-refractivity contribution in [2.45, 2.75) is 76.6 Å². The first-order valence-electron chi connectivity index (χ1n) is 16.6. The number of nitrogens with zero attached hydrogens (tertiary/aromatic N) is 2. The minimum atomic E-state index is -3.91. The van der Waals surface area contributed by atoms with E-state index in [2.05, 4.69) is 23.6 Å². The summed E-state index contributed by atoms with van der Waals surface area (Å²) < 4.78 is 47.2. The topological polar surface area (TPSA) is 118 Å². The number of aliphatic hydroxyl groups is 1. The second kappa shape index (κ2) is 17.1. The maximum absolute atomic E-state index is 14.4. The second-order valence-electron chi connectivity index (χ2n) is 13.0. The number of carbonyl (C=O) groups is 1. The Kier molecular flexibility index (Phi) is 13.3. The molecule has 48 heavy (non-hydrogen) atoms. The van der Waals surface area contributed by atoms with E-state index < -0.39 is 16.1 Å². The second-order valence-corrected chi connectivity index (χ2v) is 14.7. The molecule has 0 fully saturated rings. The van der Waals surface area contributed by atoms with Gasteiger partial charge in [0.25, 0.3) is 15.9 Å². The molecule has 0 unspecified atom stereocenters. The monoisotopic (exact) mass is 681 g/mol. The van der Waals surface area contributed by atoms with Crippen molar-refractivity contribution in [3.05, 3.63) is 83.4 Å². The Labute approximate surface area is 286 Å². The highest BCUT2D eigenvalue weighted by molar-refractivity contribution is 7.92. The van der Waals surface area contributed by atoms with Gasteiger partial charge in [-0.25, -0.2) is 8.42 Å². The molecule has 0 aliphatic carbocycles. The van der Waals surface area contributed by atoms with E-state index in [4.69, 9.17) is 14.2 Å². The van der Waals surface area contributed by atoms with Crippen molar-refractivity contribution in [1.29, 1.82) is 0 Å². The Balaban J connectivity index is 1.62. The fourth-order valence-corrected chi connectivity index (χ4v) is 6.84. The van der Waals surface area contributed by atoms with Crippen LogP contribution in [0.3, 0.4) is 0 Å². The molecule has 0 bridgehead atoms. The molecule has 0 saturated carbocycles. The number of likely N-dealkylation sites (N-methyl/N-ethyl adjacent to an activating group) is 1. The standard InChI is InChI=1S/C37H51N3O7S/c1-26-10-17-33(18-11-26)48(43,44)38-31-14-19-35-34(21-31)37(42)40(28(3)25-41)22-27(2)36(46-20-8-7-9-29(4)47-35)24-39(5)23-30-12-15-32(45-6)16-13-30/h10-19,21,27-29,36,38,41H,7-9,20,22-25H2,1-6H3/t27-,28-,29+,36+/m1/s1. The maximum atomic E-state index is 14.4. The van der Waals surface area contributed by atoms with Crippen LogP contribution in [0.25, 0.3) is 0 Å². The fourth-order valence-electron chi connectivity index (χ4n) is 5.79. The van der Waals surface area contributed by atoms with Crippen molar-refractivity contribution in [2.24, 2.45) is 5.92 Å². The lowest BCUT2D eigenvalue weighted by Crippen LogP contribution is -2.47. The van der Waals surface area contributed by atoms with E-state index in [9.17, 15) is 18.3 Å². The molecule has 1 heterocycles. The number of anilines is 1. The van der Waals surface area contributed by atoms with Crippen LogP contribution in [0.1, 0.15) is 61.5 Å². The van der Waals surface area contributed by atoms with E-state index in [0.717, 1.165) is 42.7 Å². The van der Waals surface area contributed by atoms with Gasteiger partial charge in [0.05, 0.1) is 42.4 Å². The number of fused-ring (bicyclic) bond motifs is 1. The molecular weight excluding hydrogens is 630 g/mol. The molecule has 0 aromatic heterocycles. The molecule has 3 aromatic carbocycles. The highest BCUT2D eigenvalue weighted by Gasteiger charge is 2.30. The van der Waals surface area contributed by atoms with Crippen molar-refractivity contribution in [3.8, 4) is 11.5 Å². The zero-order valence-electron chi connectivity index (χ0n) is 29.0. The molecule has 1 aliphatic rings. The van der Waals surface area contributed by atoms with Gasteiger partial charge in [-0.15, -0.1) is 0 Å². The van der Waals surface area contributed by atoms with Crippen LogP contribution in [0, 0.1) is 12.8 Å². The Morgan fingerprint density at radius 1 is 1.06 bits per heavy atom. The molecule has 11 heteroatoms. The highest BCUT2D eigenvalue weighted by atomic mass is 32.2. The number of aryl methyl sites for hydroxylation is 1. The number of ether oxygens (including phenoxy) is 3. The molecular formula is C37H51N3O7S. The Morgan fingerprint density at radius 2 is 1.77 bits per heavy atom. The Hall–Kier alpha value is -3.64. The van der Waals surface area contributed by atoms with E-state index in [1.807, 2.05) is 38.1 Å². The summed E-state index contributed by atoms with van der Waals surface area (Å²) >= 11 is 0. The van der Waals surface area contributed by atoms with Crippen LogP contribution < -0.4 is 14.2 Å². The summed E-state index contributed by atoms with van der Waals surface area (Å²) in [4.78, 5) is 18.4. The normalized spacial score (nSPS) is 20.4. The van der Waals surface area contributed by atoms with Gasteiger partial charge in [-0.1, -0.05) is 36.8 Å². The molecule has 0 spiro atoms. The minimum absolute atomic E-state index is 0.0873. The van der Waals surface area contributed by atoms with Crippen molar-refractivity contribution in [2.75, 3.05) is 45.2 Å². The van der Waals surface area contributed by atoms with E-state index in [0.29, 0.717) is 25.4 Å². The third-order valence-electron chi connectivity index (χ3n) is 8.74. The number of rotatable bonds is 10. The van der Waals surface area contributed by atoms with Crippen LogP contribution >= 0.6 is 0 Å². The first kappa shape index (κ1) is 37.2. The zero-order chi connectivity index (χ0) is 34.8. The van der Waals surface area contributed by atoms with Gasteiger partial charge < -0.3 is 24.2 Å². The van der Waals surface area contributed by atoms with Crippen molar-refractivity contribution >= 4 is 21.6 Å². The predicted octanol–water partition coefficient (Wildman–Crippen LogP) is 5.73. The molecule has 2 N–H and O–H groups in total. The molecule has 262 valence electrons. The minimum Gasteiger partial charge on any atom is -0.497 e. The summed E-state index contributed by atoms with van der Waals surface area (Å²) in [5, 5.41) is 10.3. The maximum Gasteiger partial charge on any atom is 0.261 e. The number of aliphatic hydroxyl groups excluding tert-OH is 1. The third-order valence-corrected chi connectivity index (χ3v) is 10.1. The van der Waals surface area contributed by atoms with E-state index in [1.165, 1.54) is 6.07 Å². The summed E-state index contributed by atoms with van der Waals surface area (Å²) in [5.74, 6) is 0.738. The first-order chi connectivity index (χ1) is 22.9. The van der Waals surface area contributed by atoms with Crippen LogP contribution in [0.2, 0.25) is 0 Å². The van der Waals surface area contributed by atoms with Gasteiger partial charge in [-0.05, 0) is 95.1 Å². The number of hydrogen-bond acceptors (Lipinski definition) is 8. The van der Waals surface area contributed by atoms with Crippen LogP contribution in [-0.2, 0) is 21.3 Å². The molecule has 10 nitrogen and oxygen atoms in total. The number of amides is 1. The Morgan fingerprint density at radius 3 is 2.44 bits per heavy atom. The average Bonchev–Trinajstić information content (AvgIpc) is 3.06. The molecule has 1 amide bonds. The van der Waals surface area contributed by atoms with Crippen molar-refractivity contribution in [3.63, 3.8) is 0 Å². The lowest BCUT2D eigenvalue weighted by Gasteiger charge is -2.36. The van der Waals surface area contributed by atoms with Gasteiger partial charge in [0.15, 0.2) is 0 Å². The van der Waals surface area contributed by atoms with Gasteiger partial charge in [0.1, 0.15) is 11.5 Å². The lowest BCUT2D eigenvalue weighted by atomic mass is 10.0. The Bertz CT molecular complexity index is 1580. The smallest absolute Gasteiger partial charge is 0.261 e. The van der Waals surface area contributed by atoms with Crippen LogP contribution in [0.4, 0.5) is 5.69 Å². The number of benzene rings is 3. The summed E-state index contributed by atoms with van der Waals surface area (Å²) in [6, 6.07) is 18.8. The lowest BCUT2D eigenvalue weighted by molar-refractivity contribution is -0.0177. The van der Waals surface area contributed by atoms with Crippen LogP contribution in [-0.4, -0.2) is 87.9 Å². The van der Waals surface area contributed by atoms with E-state index in [1.54, 1.807) is 55.3 Å². The SMILES string of the molecule is COc1ccc(CN(C)C[C@@H]2OCCCC[C@H](C)Oc3ccc(NS(=O)(=O)c4ccc(C)cc4)cc3C(=O)N([C@H](C)CO)C[C@H]2C)cc1. The average molecular weight is 682 g/mol. The van der Waals surface area contributed by atoms with Crippen LogP contribution in [0.15, 0.2) is 71.6 Å². The number of methoxy groups -OCH3 is 1. The summed E-state index contributed by atoms with van der Waals surface area (Å²) in [7, 11) is -0.200. The quantitative estimate of drug-likeness (QED) is 0.279. The number of nitrogens with one attached hydrogen (secondary N) is 1. The molecule has 1 aliphatic heterocycles. The summed E-state index contributed by atoms with van der Waals surface area (Å²) in [5.41, 5.74) is 2.56. The van der Waals surface area contributed by atoms with Crippen molar-refractivity contribution < 1.29 is 32.5 Å². The van der Waals surface area contributed by atoms with Gasteiger partial charge in [-0.3, -0.25) is 14.4 Å². The largest absolute Gasteiger partial charge is 0.497 e. The first-order valence-corrected chi connectivity index (χ1v) is 18.1. The van der Waals surface area contributed by atoms with Gasteiger partial charge in [0.2, 0.25) is 0 Å².